The Morgan fingerprint density at radius 2 is 1.69 bits per heavy atom. The van der Waals surface area contributed by atoms with E-state index in [1.54, 1.807) is 0 Å². The van der Waals surface area contributed by atoms with Gasteiger partial charge in [0.2, 0.25) is 0 Å². The Labute approximate surface area is 206 Å². The molecule has 0 amide bonds. The van der Waals surface area contributed by atoms with Gasteiger partial charge in [-0.05, 0) is 48.1 Å². The first-order chi connectivity index (χ1) is 17.1. The SMILES string of the molecule is NCC(CCc1ccccc1OCc1ccccc1)N[C@@H](CC(=O)O)Cc1c[nH]c2ccccc12. The van der Waals surface area contributed by atoms with Gasteiger partial charge in [-0.2, -0.15) is 0 Å². The number of aryl methyl sites for hydroxylation is 1. The smallest absolute Gasteiger partial charge is 0.304 e. The zero-order chi connectivity index (χ0) is 24.5. The molecule has 0 fully saturated rings. The molecule has 3 aromatic carbocycles. The Hall–Kier alpha value is -3.61. The van der Waals surface area contributed by atoms with E-state index in [9.17, 15) is 9.90 Å². The molecule has 4 aromatic rings. The second-order valence-electron chi connectivity index (χ2n) is 8.88. The molecule has 0 saturated heterocycles. The molecule has 0 spiro atoms. The Morgan fingerprint density at radius 1 is 0.943 bits per heavy atom. The molecule has 0 saturated carbocycles. The normalized spacial score (nSPS) is 12.9. The lowest BCUT2D eigenvalue weighted by Gasteiger charge is -2.24. The Kier molecular flexibility index (Phi) is 8.54. The highest BCUT2D eigenvalue weighted by Crippen LogP contribution is 2.23. The van der Waals surface area contributed by atoms with Gasteiger partial charge in [-0.3, -0.25) is 4.79 Å². The maximum Gasteiger partial charge on any atom is 0.304 e. The zero-order valence-corrected chi connectivity index (χ0v) is 19.8. The van der Waals surface area contributed by atoms with Crippen molar-refractivity contribution in [1.29, 1.82) is 0 Å². The summed E-state index contributed by atoms with van der Waals surface area (Å²) in [4.78, 5) is 14.9. The summed E-state index contributed by atoms with van der Waals surface area (Å²) in [5.74, 6) is 0.0470. The van der Waals surface area contributed by atoms with E-state index in [-0.39, 0.29) is 18.5 Å². The summed E-state index contributed by atoms with van der Waals surface area (Å²) >= 11 is 0. The number of aromatic nitrogens is 1. The van der Waals surface area contributed by atoms with Crippen LogP contribution in [0.3, 0.4) is 0 Å². The number of benzene rings is 3. The number of ether oxygens (including phenoxy) is 1. The molecular weight excluding hydrogens is 438 g/mol. The van der Waals surface area contributed by atoms with Crippen LogP contribution in [-0.4, -0.2) is 34.7 Å². The number of carboxylic acids is 1. The van der Waals surface area contributed by atoms with Gasteiger partial charge >= 0.3 is 5.97 Å². The van der Waals surface area contributed by atoms with E-state index in [2.05, 4.69) is 22.4 Å². The van der Waals surface area contributed by atoms with E-state index < -0.39 is 5.97 Å². The van der Waals surface area contributed by atoms with Crippen LogP contribution in [0.15, 0.2) is 85.1 Å². The van der Waals surface area contributed by atoms with Crippen LogP contribution in [0.2, 0.25) is 0 Å². The molecule has 6 heteroatoms. The van der Waals surface area contributed by atoms with Crippen LogP contribution in [-0.2, 0) is 24.2 Å². The number of nitrogens with one attached hydrogen (secondary N) is 2. The minimum atomic E-state index is -0.822. The molecule has 1 unspecified atom stereocenters. The summed E-state index contributed by atoms with van der Waals surface area (Å²) in [5, 5.41) is 14.2. The average Bonchev–Trinajstić information content (AvgIpc) is 3.28. The first-order valence-electron chi connectivity index (χ1n) is 12.1. The molecule has 0 aliphatic carbocycles. The molecule has 0 bridgehead atoms. The number of nitrogens with two attached hydrogens (primary N) is 1. The highest BCUT2D eigenvalue weighted by Gasteiger charge is 2.20. The zero-order valence-electron chi connectivity index (χ0n) is 19.8. The predicted octanol–water partition coefficient (Wildman–Crippen LogP) is 4.68. The number of hydrogen-bond acceptors (Lipinski definition) is 4. The van der Waals surface area contributed by atoms with Crippen LogP contribution in [0.1, 0.15) is 29.5 Å². The van der Waals surface area contributed by atoms with Crippen molar-refractivity contribution >= 4 is 16.9 Å². The summed E-state index contributed by atoms with van der Waals surface area (Å²) in [7, 11) is 0. The van der Waals surface area contributed by atoms with Crippen molar-refractivity contribution in [3.8, 4) is 5.75 Å². The summed E-state index contributed by atoms with van der Waals surface area (Å²) in [6.07, 6.45) is 4.19. The number of carboxylic acid groups (broad SMARTS) is 1. The predicted molar refractivity (Wildman–Crippen MR) is 140 cm³/mol. The number of H-pyrrole nitrogens is 1. The van der Waals surface area contributed by atoms with Crippen molar-refractivity contribution in [3.63, 3.8) is 0 Å². The first-order valence-corrected chi connectivity index (χ1v) is 12.1. The molecule has 6 nitrogen and oxygen atoms in total. The van der Waals surface area contributed by atoms with E-state index >= 15 is 0 Å². The summed E-state index contributed by atoms with van der Waals surface area (Å²) in [6, 6.07) is 26.0. The lowest BCUT2D eigenvalue weighted by atomic mass is 9.99. The van der Waals surface area contributed by atoms with Gasteiger partial charge in [0, 0.05) is 35.7 Å². The van der Waals surface area contributed by atoms with E-state index in [0.29, 0.717) is 19.6 Å². The van der Waals surface area contributed by atoms with Crippen LogP contribution in [0.5, 0.6) is 5.75 Å². The molecule has 5 N–H and O–H groups in total. The highest BCUT2D eigenvalue weighted by atomic mass is 16.5. The fraction of sp³-hybridized carbons (Fsp3) is 0.276. The van der Waals surface area contributed by atoms with Gasteiger partial charge in [0.25, 0.3) is 0 Å². The van der Waals surface area contributed by atoms with E-state index in [0.717, 1.165) is 46.2 Å². The van der Waals surface area contributed by atoms with Gasteiger partial charge in [-0.1, -0.05) is 66.7 Å². The van der Waals surface area contributed by atoms with Crippen LogP contribution in [0, 0.1) is 0 Å². The molecule has 1 heterocycles. The Bertz CT molecular complexity index is 1220. The topological polar surface area (TPSA) is 100 Å². The van der Waals surface area contributed by atoms with Crippen molar-refractivity contribution < 1.29 is 14.6 Å². The lowest BCUT2D eigenvalue weighted by Crippen LogP contribution is -2.45. The van der Waals surface area contributed by atoms with Crippen LogP contribution >= 0.6 is 0 Å². The molecule has 35 heavy (non-hydrogen) atoms. The maximum atomic E-state index is 11.6. The average molecular weight is 472 g/mol. The number of para-hydroxylation sites is 2. The Morgan fingerprint density at radius 3 is 2.49 bits per heavy atom. The van der Waals surface area contributed by atoms with Gasteiger partial charge in [-0.15, -0.1) is 0 Å². The summed E-state index contributed by atoms with van der Waals surface area (Å²) in [6.45, 7) is 0.943. The fourth-order valence-electron chi connectivity index (χ4n) is 4.49. The minimum absolute atomic E-state index is 0.00765. The molecule has 0 radical (unpaired) electrons. The maximum absolute atomic E-state index is 11.6. The molecular formula is C29H33N3O3. The Balaban J connectivity index is 1.39. The molecule has 182 valence electrons. The third kappa shape index (κ3) is 6.94. The monoisotopic (exact) mass is 471 g/mol. The summed E-state index contributed by atoms with van der Waals surface area (Å²) in [5.41, 5.74) is 10.5. The number of hydrogen-bond donors (Lipinski definition) is 4. The number of fused-ring (bicyclic) bond motifs is 1. The molecule has 1 aromatic heterocycles. The van der Waals surface area contributed by atoms with Gasteiger partial charge in [-0.25, -0.2) is 0 Å². The summed E-state index contributed by atoms with van der Waals surface area (Å²) < 4.78 is 6.10. The fourth-order valence-corrected chi connectivity index (χ4v) is 4.49. The van der Waals surface area contributed by atoms with Gasteiger partial charge in [0.1, 0.15) is 12.4 Å². The van der Waals surface area contributed by atoms with Crippen molar-refractivity contribution in [1.82, 2.24) is 10.3 Å². The first kappa shape index (κ1) is 24.5. The number of aromatic amines is 1. The second-order valence-corrected chi connectivity index (χ2v) is 8.88. The van der Waals surface area contributed by atoms with Crippen molar-refractivity contribution in [2.75, 3.05) is 6.54 Å². The quantitative estimate of drug-likeness (QED) is 0.227. The number of rotatable bonds is 13. The lowest BCUT2D eigenvalue weighted by molar-refractivity contribution is -0.137. The van der Waals surface area contributed by atoms with E-state index in [1.165, 1.54) is 0 Å². The van der Waals surface area contributed by atoms with Crippen molar-refractivity contribution in [2.45, 2.75) is 44.4 Å². The minimum Gasteiger partial charge on any atom is -0.489 e. The number of aliphatic carboxylic acids is 1. The molecule has 2 atom stereocenters. The molecule has 0 aliphatic rings. The van der Waals surface area contributed by atoms with Gasteiger partial charge in [0.05, 0.1) is 6.42 Å². The van der Waals surface area contributed by atoms with E-state index in [4.69, 9.17) is 10.5 Å². The number of carbonyl (C=O) groups is 1. The largest absolute Gasteiger partial charge is 0.489 e. The van der Waals surface area contributed by atoms with Crippen molar-refractivity contribution in [2.24, 2.45) is 5.73 Å². The van der Waals surface area contributed by atoms with Gasteiger partial charge in [0.15, 0.2) is 0 Å². The van der Waals surface area contributed by atoms with Crippen LogP contribution in [0.25, 0.3) is 10.9 Å². The highest BCUT2D eigenvalue weighted by molar-refractivity contribution is 5.83. The second kappa shape index (κ2) is 12.2. The molecule has 4 rings (SSSR count). The van der Waals surface area contributed by atoms with Crippen LogP contribution in [0.4, 0.5) is 0 Å². The molecule has 0 aliphatic heterocycles. The third-order valence-electron chi connectivity index (χ3n) is 6.29. The van der Waals surface area contributed by atoms with Crippen molar-refractivity contribution in [3.05, 3.63) is 102 Å². The third-order valence-corrected chi connectivity index (χ3v) is 6.29. The standard InChI is InChI=1S/C29H33N3O3/c30-18-24(15-14-22-10-4-7-13-28(22)35-20-21-8-2-1-3-9-21)32-25(17-29(33)34)16-23-19-31-27-12-6-5-11-26(23)27/h1-13,19,24-25,31-32H,14-18,20,30H2,(H,33,34)/t24?,25-/m1/s1. The van der Waals surface area contributed by atoms with Gasteiger partial charge < -0.3 is 25.9 Å². The van der Waals surface area contributed by atoms with E-state index in [1.807, 2.05) is 72.9 Å². The van der Waals surface area contributed by atoms with Crippen LogP contribution < -0.4 is 15.8 Å².